The molecule has 0 amide bonds. The average Bonchev–Trinajstić information content (AvgIpc) is 3.31. The van der Waals surface area contributed by atoms with Gasteiger partial charge in [-0.05, 0) is 30.9 Å². The summed E-state index contributed by atoms with van der Waals surface area (Å²) in [7, 11) is 0. The maximum absolute atomic E-state index is 11.0. The molecule has 0 unspecified atom stereocenters. The molecule has 6 nitrogen and oxygen atoms in total. The summed E-state index contributed by atoms with van der Waals surface area (Å²) >= 11 is 0. The highest BCUT2D eigenvalue weighted by atomic mass is 16.6. The third kappa shape index (κ3) is 3.14. The first-order valence-corrected chi connectivity index (χ1v) is 7.33. The fourth-order valence-electron chi connectivity index (χ4n) is 2.82. The van der Waals surface area contributed by atoms with Crippen LogP contribution in [0.2, 0.25) is 0 Å². The Balaban J connectivity index is 1.68. The third-order valence-electron chi connectivity index (χ3n) is 4.25. The predicted octanol–water partition coefficient (Wildman–Crippen LogP) is 2.00. The molecule has 1 aliphatic carbocycles. The molecular weight excluding hydrogens is 268 g/mol. The van der Waals surface area contributed by atoms with Crippen molar-refractivity contribution in [2.24, 2.45) is 5.92 Å². The summed E-state index contributed by atoms with van der Waals surface area (Å²) in [6, 6.07) is 6.75. The summed E-state index contributed by atoms with van der Waals surface area (Å²) in [4.78, 5) is 15.2. The minimum absolute atomic E-state index is 0.101. The monoisotopic (exact) mass is 286 g/mol. The molecule has 1 saturated heterocycles. The zero-order chi connectivity index (χ0) is 14.8. The van der Waals surface area contributed by atoms with Crippen LogP contribution in [0.15, 0.2) is 18.2 Å². The Hall–Kier alpha value is -2.13. The molecule has 0 atom stereocenters. The lowest BCUT2D eigenvalue weighted by molar-refractivity contribution is -0.385. The second-order valence-corrected chi connectivity index (χ2v) is 5.80. The van der Waals surface area contributed by atoms with E-state index in [0.29, 0.717) is 0 Å². The molecule has 1 aliphatic heterocycles. The van der Waals surface area contributed by atoms with Crippen LogP contribution in [0.3, 0.4) is 0 Å². The van der Waals surface area contributed by atoms with Crippen molar-refractivity contribution < 1.29 is 4.92 Å². The molecule has 0 spiro atoms. The average molecular weight is 286 g/mol. The van der Waals surface area contributed by atoms with Crippen LogP contribution in [-0.4, -0.2) is 42.5 Å². The number of nitro groups is 1. The summed E-state index contributed by atoms with van der Waals surface area (Å²) in [6.45, 7) is 4.97. The molecule has 3 rings (SSSR count). The first-order chi connectivity index (χ1) is 10.2. The van der Waals surface area contributed by atoms with Gasteiger partial charge >= 0.3 is 0 Å². The van der Waals surface area contributed by atoms with Crippen LogP contribution in [0.5, 0.6) is 0 Å². The van der Waals surface area contributed by atoms with Crippen LogP contribution in [0, 0.1) is 27.4 Å². The van der Waals surface area contributed by atoms with Crippen LogP contribution < -0.4 is 4.90 Å². The van der Waals surface area contributed by atoms with Gasteiger partial charge in [-0.15, -0.1) is 0 Å². The molecule has 0 N–H and O–H groups in total. The topological polar surface area (TPSA) is 73.4 Å². The van der Waals surface area contributed by atoms with Crippen molar-refractivity contribution in [3.63, 3.8) is 0 Å². The normalized spacial score (nSPS) is 19.3. The summed E-state index contributed by atoms with van der Waals surface area (Å²) in [5.74, 6) is 0.896. The number of anilines is 1. The van der Waals surface area contributed by atoms with Crippen molar-refractivity contribution in [3.05, 3.63) is 33.9 Å². The van der Waals surface area contributed by atoms with Crippen molar-refractivity contribution in [2.75, 3.05) is 37.6 Å². The molecule has 1 aromatic rings. The number of piperazine rings is 1. The van der Waals surface area contributed by atoms with Gasteiger partial charge in [0.25, 0.3) is 5.69 Å². The molecule has 2 fully saturated rings. The standard InChI is InChI=1S/C15H18N4O2/c16-10-13-3-4-14(9-15(13)19(20)21)18-7-5-17(6-8-18)11-12-1-2-12/h3-4,9,12H,1-2,5-8,11H2. The SMILES string of the molecule is N#Cc1ccc(N2CCN(CC3CC3)CC2)cc1[N+](=O)[O-]. The first kappa shape index (κ1) is 13.8. The van der Waals surface area contributed by atoms with Gasteiger partial charge in [-0.1, -0.05) is 0 Å². The largest absolute Gasteiger partial charge is 0.369 e. The van der Waals surface area contributed by atoms with E-state index in [1.807, 2.05) is 12.1 Å². The zero-order valence-electron chi connectivity index (χ0n) is 11.9. The summed E-state index contributed by atoms with van der Waals surface area (Å²) < 4.78 is 0. The third-order valence-corrected chi connectivity index (χ3v) is 4.25. The molecule has 1 aromatic carbocycles. The molecule has 1 heterocycles. The number of nitriles is 1. The Labute approximate surface area is 123 Å². The van der Waals surface area contributed by atoms with E-state index < -0.39 is 4.92 Å². The van der Waals surface area contributed by atoms with Crippen LogP contribution in [0.1, 0.15) is 18.4 Å². The Morgan fingerprint density at radius 2 is 2.00 bits per heavy atom. The molecule has 2 aliphatic rings. The molecule has 0 aromatic heterocycles. The van der Waals surface area contributed by atoms with Crippen LogP contribution in [0.4, 0.5) is 11.4 Å². The van der Waals surface area contributed by atoms with E-state index >= 15 is 0 Å². The van der Waals surface area contributed by atoms with Gasteiger partial charge in [0, 0.05) is 44.5 Å². The fourth-order valence-corrected chi connectivity index (χ4v) is 2.82. The number of benzene rings is 1. The molecule has 21 heavy (non-hydrogen) atoms. The lowest BCUT2D eigenvalue weighted by Crippen LogP contribution is -2.47. The molecule has 0 radical (unpaired) electrons. The fraction of sp³-hybridized carbons (Fsp3) is 0.533. The van der Waals surface area contributed by atoms with Gasteiger partial charge in [-0.25, -0.2) is 0 Å². The Morgan fingerprint density at radius 1 is 1.29 bits per heavy atom. The number of nitro benzene ring substituents is 1. The van der Waals surface area contributed by atoms with Gasteiger partial charge in [0.15, 0.2) is 0 Å². The Morgan fingerprint density at radius 3 is 2.57 bits per heavy atom. The lowest BCUT2D eigenvalue weighted by atomic mass is 10.1. The van der Waals surface area contributed by atoms with E-state index in [1.165, 1.54) is 25.5 Å². The van der Waals surface area contributed by atoms with Crippen LogP contribution >= 0.6 is 0 Å². The van der Waals surface area contributed by atoms with E-state index in [4.69, 9.17) is 5.26 Å². The Bertz CT molecular complexity index is 584. The zero-order valence-corrected chi connectivity index (χ0v) is 11.9. The van der Waals surface area contributed by atoms with E-state index in [9.17, 15) is 10.1 Å². The maximum Gasteiger partial charge on any atom is 0.289 e. The molecule has 6 heteroatoms. The molecule has 110 valence electrons. The first-order valence-electron chi connectivity index (χ1n) is 7.33. The lowest BCUT2D eigenvalue weighted by Gasteiger charge is -2.36. The van der Waals surface area contributed by atoms with Crippen molar-refractivity contribution in [1.29, 1.82) is 5.26 Å². The van der Waals surface area contributed by atoms with Gasteiger partial charge in [0.2, 0.25) is 0 Å². The second-order valence-electron chi connectivity index (χ2n) is 5.80. The number of hydrogen-bond acceptors (Lipinski definition) is 5. The highest BCUT2D eigenvalue weighted by Crippen LogP contribution is 2.30. The predicted molar refractivity (Wildman–Crippen MR) is 79.2 cm³/mol. The minimum Gasteiger partial charge on any atom is -0.369 e. The number of rotatable bonds is 4. The van der Waals surface area contributed by atoms with Gasteiger partial charge in [-0.3, -0.25) is 15.0 Å². The van der Waals surface area contributed by atoms with Crippen molar-refractivity contribution >= 4 is 11.4 Å². The highest BCUT2D eigenvalue weighted by Gasteiger charge is 2.27. The van der Waals surface area contributed by atoms with Gasteiger partial charge in [-0.2, -0.15) is 5.26 Å². The van der Waals surface area contributed by atoms with Crippen molar-refractivity contribution in [2.45, 2.75) is 12.8 Å². The van der Waals surface area contributed by atoms with E-state index in [-0.39, 0.29) is 11.3 Å². The number of nitrogens with zero attached hydrogens (tertiary/aromatic N) is 4. The molecular formula is C15H18N4O2. The quantitative estimate of drug-likeness (QED) is 0.625. The smallest absolute Gasteiger partial charge is 0.289 e. The summed E-state index contributed by atoms with van der Waals surface area (Å²) in [5.41, 5.74) is 0.860. The van der Waals surface area contributed by atoms with E-state index in [0.717, 1.165) is 37.8 Å². The second kappa shape index (κ2) is 5.70. The molecule has 0 bridgehead atoms. The number of hydrogen-bond donors (Lipinski definition) is 0. The molecule has 1 saturated carbocycles. The van der Waals surface area contributed by atoms with Gasteiger partial charge < -0.3 is 4.90 Å². The van der Waals surface area contributed by atoms with Gasteiger partial charge in [0.05, 0.1) is 4.92 Å². The van der Waals surface area contributed by atoms with Crippen LogP contribution in [-0.2, 0) is 0 Å². The van der Waals surface area contributed by atoms with Crippen molar-refractivity contribution in [3.8, 4) is 6.07 Å². The van der Waals surface area contributed by atoms with Crippen LogP contribution in [0.25, 0.3) is 0 Å². The van der Waals surface area contributed by atoms with Crippen molar-refractivity contribution in [1.82, 2.24) is 4.90 Å². The Kier molecular flexibility index (Phi) is 3.76. The van der Waals surface area contributed by atoms with Gasteiger partial charge in [0.1, 0.15) is 11.6 Å². The summed E-state index contributed by atoms with van der Waals surface area (Å²) in [6.07, 6.45) is 2.73. The highest BCUT2D eigenvalue weighted by molar-refractivity contribution is 5.60. The van der Waals surface area contributed by atoms with E-state index in [1.54, 1.807) is 6.07 Å². The maximum atomic E-state index is 11.0. The summed E-state index contributed by atoms with van der Waals surface area (Å²) in [5, 5.41) is 19.9. The van der Waals surface area contributed by atoms with E-state index in [2.05, 4.69) is 9.80 Å². The minimum atomic E-state index is -0.481.